The second-order valence-electron chi connectivity index (χ2n) is 8.90. The lowest BCUT2D eigenvalue weighted by atomic mass is 9.78. The van der Waals surface area contributed by atoms with Crippen molar-refractivity contribution in [2.24, 2.45) is 0 Å². The first-order chi connectivity index (χ1) is 12.9. The molecule has 1 aromatic heterocycles. The number of benzene rings is 1. The molecule has 5 heteroatoms. The summed E-state index contributed by atoms with van der Waals surface area (Å²) in [5.41, 5.74) is 1.68. The van der Waals surface area contributed by atoms with Gasteiger partial charge < -0.3 is 14.8 Å². The Labute approximate surface area is 166 Å². The number of nitrogens with one attached hydrogen (secondary N) is 1. The summed E-state index contributed by atoms with van der Waals surface area (Å²) < 4.78 is 5.19. The second kappa shape index (κ2) is 7.93. The van der Waals surface area contributed by atoms with E-state index in [0.29, 0.717) is 11.3 Å². The molecule has 0 aliphatic rings. The summed E-state index contributed by atoms with van der Waals surface area (Å²) in [6.07, 6.45) is 3.09. The fourth-order valence-electron chi connectivity index (χ4n) is 2.87. The van der Waals surface area contributed by atoms with E-state index in [1.54, 1.807) is 18.2 Å². The standard InChI is InChI=1S/C23H28N2O3/c1-22(2,3)18-11-15(12-19(20(18)26)23(4,5)6)10-16(13-24)21(27)25-14-17-8-7-9-28-17/h7-12,26H,14H2,1-6H3,(H,25,27). The Morgan fingerprint density at radius 1 is 1.18 bits per heavy atom. The van der Waals surface area contributed by atoms with E-state index in [9.17, 15) is 15.2 Å². The highest BCUT2D eigenvalue weighted by Gasteiger charge is 2.26. The highest BCUT2D eigenvalue weighted by molar-refractivity contribution is 6.01. The Balaban J connectivity index is 2.43. The SMILES string of the molecule is CC(C)(C)c1cc(C=C(C#N)C(=O)NCc2ccco2)cc(C(C)(C)C)c1O. The predicted octanol–water partition coefficient (Wildman–Crippen LogP) is 4.80. The van der Waals surface area contributed by atoms with Gasteiger partial charge >= 0.3 is 0 Å². The molecule has 0 fully saturated rings. The van der Waals surface area contributed by atoms with Gasteiger partial charge in [-0.15, -0.1) is 0 Å². The van der Waals surface area contributed by atoms with E-state index in [2.05, 4.69) is 5.32 Å². The zero-order valence-electron chi connectivity index (χ0n) is 17.4. The molecule has 148 valence electrons. The van der Waals surface area contributed by atoms with Crippen molar-refractivity contribution >= 4 is 12.0 Å². The Morgan fingerprint density at radius 2 is 1.75 bits per heavy atom. The molecule has 2 rings (SSSR count). The number of aromatic hydroxyl groups is 1. The van der Waals surface area contributed by atoms with Gasteiger partial charge in [0.05, 0.1) is 12.8 Å². The topological polar surface area (TPSA) is 86.3 Å². The van der Waals surface area contributed by atoms with Gasteiger partial charge in [-0.2, -0.15) is 5.26 Å². The van der Waals surface area contributed by atoms with Gasteiger partial charge in [0.15, 0.2) is 0 Å². The molecular formula is C23H28N2O3. The molecule has 28 heavy (non-hydrogen) atoms. The van der Waals surface area contributed by atoms with E-state index in [1.165, 1.54) is 6.26 Å². The lowest BCUT2D eigenvalue weighted by Gasteiger charge is -2.28. The van der Waals surface area contributed by atoms with Crippen LogP contribution in [0.15, 0.2) is 40.5 Å². The Hall–Kier alpha value is -3.00. The number of amides is 1. The summed E-state index contributed by atoms with van der Waals surface area (Å²) in [6, 6.07) is 9.13. The maximum absolute atomic E-state index is 12.4. The van der Waals surface area contributed by atoms with Crippen molar-refractivity contribution in [1.29, 1.82) is 5.26 Å². The van der Waals surface area contributed by atoms with Crippen LogP contribution in [-0.2, 0) is 22.2 Å². The van der Waals surface area contributed by atoms with Crippen LogP contribution in [0.5, 0.6) is 5.75 Å². The molecular weight excluding hydrogens is 352 g/mol. The minimum absolute atomic E-state index is 0.00281. The van der Waals surface area contributed by atoms with Gasteiger partial charge in [0.1, 0.15) is 23.2 Å². The number of hydrogen-bond acceptors (Lipinski definition) is 4. The van der Waals surface area contributed by atoms with Gasteiger partial charge in [-0.25, -0.2) is 0 Å². The van der Waals surface area contributed by atoms with E-state index in [1.807, 2.05) is 59.7 Å². The third-order valence-corrected chi connectivity index (χ3v) is 4.43. The molecule has 2 N–H and O–H groups in total. The molecule has 0 aliphatic heterocycles. The number of rotatable bonds is 4. The lowest BCUT2D eigenvalue weighted by molar-refractivity contribution is -0.117. The maximum Gasteiger partial charge on any atom is 0.262 e. The van der Waals surface area contributed by atoms with Gasteiger partial charge in [-0.05, 0) is 46.7 Å². The average Bonchev–Trinajstić information content (AvgIpc) is 3.10. The van der Waals surface area contributed by atoms with Crippen LogP contribution < -0.4 is 5.32 Å². The average molecular weight is 380 g/mol. The van der Waals surface area contributed by atoms with Crippen molar-refractivity contribution in [3.05, 3.63) is 58.6 Å². The van der Waals surface area contributed by atoms with E-state index in [4.69, 9.17) is 4.42 Å². The van der Waals surface area contributed by atoms with Crippen LogP contribution in [0.1, 0.15) is 64.0 Å². The van der Waals surface area contributed by atoms with Crippen LogP contribution in [0, 0.1) is 11.3 Å². The number of hydrogen-bond donors (Lipinski definition) is 2. The third-order valence-electron chi connectivity index (χ3n) is 4.43. The summed E-state index contributed by atoms with van der Waals surface area (Å²) in [7, 11) is 0. The van der Waals surface area contributed by atoms with Gasteiger partial charge in [0.2, 0.25) is 0 Å². The fourth-order valence-corrected chi connectivity index (χ4v) is 2.87. The summed E-state index contributed by atoms with van der Waals surface area (Å²) in [6.45, 7) is 12.3. The van der Waals surface area contributed by atoms with Crippen LogP contribution in [0.3, 0.4) is 0 Å². The van der Waals surface area contributed by atoms with Crippen LogP contribution in [0.25, 0.3) is 6.08 Å². The molecule has 1 heterocycles. The summed E-state index contributed by atoms with van der Waals surface area (Å²) in [5, 5.41) is 23.0. The van der Waals surface area contributed by atoms with E-state index in [0.717, 1.165) is 11.1 Å². The lowest BCUT2D eigenvalue weighted by Crippen LogP contribution is -2.23. The van der Waals surface area contributed by atoms with Crippen molar-refractivity contribution < 1.29 is 14.3 Å². The van der Waals surface area contributed by atoms with Crippen molar-refractivity contribution in [2.75, 3.05) is 0 Å². The Bertz CT molecular complexity index is 883. The monoisotopic (exact) mass is 380 g/mol. The molecule has 0 spiro atoms. The number of carbonyl (C=O) groups is 1. The van der Waals surface area contributed by atoms with Gasteiger partial charge in [0.25, 0.3) is 5.91 Å². The van der Waals surface area contributed by atoms with Gasteiger partial charge in [-0.1, -0.05) is 41.5 Å². The van der Waals surface area contributed by atoms with Gasteiger partial charge in [0, 0.05) is 11.1 Å². The molecule has 0 atom stereocenters. The zero-order chi connectivity index (χ0) is 21.1. The second-order valence-corrected chi connectivity index (χ2v) is 8.90. The van der Waals surface area contributed by atoms with Crippen molar-refractivity contribution in [3.63, 3.8) is 0 Å². The number of nitriles is 1. The van der Waals surface area contributed by atoms with Crippen molar-refractivity contribution in [3.8, 4) is 11.8 Å². The maximum atomic E-state index is 12.4. The minimum atomic E-state index is -0.471. The normalized spacial score (nSPS) is 12.5. The largest absolute Gasteiger partial charge is 0.507 e. The van der Waals surface area contributed by atoms with Crippen molar-refractivity contribution in [2.45, 2.75) is 58.9 Å². The molecule has 5 nitrogen and oxygen atoms in total. The molecule has 1 amide bonds. The molecule has 0 saturated heterocycles. The van der Waals surface area contributed by atoms with E-state index < -0.39 is 5.91 Å². The number of phenolic OH excluding ortho intramolecular Hbond substituents is 1. The first-order valence-electron chi connectivity index (χ1n) is 9.24. The zero-order valence-corrected chi connectivity index (χ0v) is 17.4. The molecule has 0 saturated carbocycles. The number of furan rings is 1. The van der Waals surface area contributed by atoms with E-state index in [-0.39, 0.29) is 28.7 Å². The number of carbonyl (C=O) groups excluding carboxylic acids is 1. The smallest absolute Gasteiger partial charge is 0.262 e. The highest BCUT2D eigenvalue weighted by Crippen LogP contribution is 2.40. The molecule has 2 aromatic rings. The third kappa shape index (κ3) is 5.04. The van der Waals surface area contributed by atoms with Crippen molar-refractivity contribution in [1.82, 2.24) is 5.32 Å². The number of phenols is 1. The first kappa shape index (κ1) is 21.3. The highest BCUT2D eigenvalue weighted by atomic mass is 16.3. The molecule has 0 bridgehead atoms. The molecule has 0 radical (unpaired) electrons. The quantitative estimate of drug-likeness (QED) is 0.589. The summed E-state index contributed by atoms with van der Waals surface area (Å²) >= 11 is 0. The van der Waals surface area contributed by atoms with Crippen LogP contribution in [-0.4, -0.2) is 11.0 Å². The fraction of sp³-hybridized carbons (Fsp3) is 0.391. The predicted molar refractivity (Wildman–Crippen MR) is 110 cm³/mol. The first-order valence-corrected chi connectivity index (χ1v) is 9.24. The Kier molecular flexibility index (Phi) is 6.04. The van der Waals surface area contributed by atoms with Crippen LogP contribution in [0.4, 0.5) is 0 Å². The van der Waals surface area contributed by atoms with Crippen LogP contribution in [0.2, 0.25) is 0 Å². The molecule has 0 unspecified atom stereocenters. The summed E-state index contributed by atoms with van der Waals surface area (Å²) in [5.74, 6) is 0.403. The van der Waals surface area contributed by atoms with Crippen LogP contribution >= 0.6 is 0 Å². The Morgan fingerprint density at radius 3 is 2.18 bits per heavy atom. The van der Waals surface area contributed by atoms with E-state index >= 15 is 0 Å². The number of nitrogens with zero attached hydrogens (tertiary/aromatic N) is 1. The summed E-state index contributed by atoms with van der Waals surface area (Å²) in [4.78, 5) is 12.4. The van der Waals surface area contributed by atoms with Gasteiger partial charge in [-0.3, -0.25) is 4.79 Å². The molecule has 0 aliphatic carbocycles. The minimum Gasteiger partial charge on any atom is -0.507 e. The molecule has 1 aromatic carbocycles.